The van der Waals surface area contributed by atoms with E-state index in [1.807, 2.05) is 6.92 Å². The molecule has 0 spiro atoms. The lowest BCUT2D eigenvalue weighted by Gasteiger charge is -2.41. The Hall–Kier alpha value is -0.453. The summed E-state index contributed by atoms with van der Waals surface area (Å²) in [5.74, 6) is -0.206. The average molecular weight is 272 g/mol. The number of carbonyl (C=O) groups is 1. The van der Waals surface area contributed by atoms with Crippen molar-refractivity contribution in [2.75, 3.05) is 7.11 Å². The van der Waals surface area contributed by atoms with Gasteiger partial charge in [-0.05, 0) is 18.1 Å². The van der Waals surface area contributed by atoms with Crippen LogP contribution in [0, 0.1) is 5.92 Å². The fraction of sp³-hybridized carbons (Fsp3) is 0.786. The van der Waals surface area contributed by atoms with Gasteiger partial charge in [-0.3, -0.25) is 0 Å². The second kappa shape index (κ2) is 6.64. The summed E-state index contributed by atoms with van der Waals surface area (Å²) in [5, 5.41) is 0.104. The first-order valence-corrected chi connectivity index (χ1v) is 9.30. The summed E-state index contributed by atoms with van der Waals surface area (Å²) in [6, 6.07) is 0. The van der Waals surface area contributed by atoms with Crippen LogP contribution in [0.3, 0.4) is 0 Å². The van der Waals surface area contributed by atoms with Crippen molar-refractivity contribution < 1.29 is 14.0 Å². The fourth-order valence-corrected chi connectivity index (χ4v) is 2.82. The van der Waals surface area contributed by atoms with Crippen molar-refractivity contribution in [2.24, 2.45) is 5.92 Å². The maximum absolute atomic E-state index is 11.1. The van der Waals surface area contributed by atoms with Gasteiger partial charge < -0.3 is 14.0 Å². The number of hydrogen-bond donors (Lipinski definition) is 0. The summed E-state index contributed by atoms with van der Waals surface area (Å²) in [7, 11) is -0.312. The molecule has 0 aliphatic rings. The molecule has 0 saturated carbocycles. The van der Waals surface area contributed by atoms with E-state index in [4.69, 9.17) is 9.16 Å². The molecule has 0 rings (SSSR count). The summed E-state index contributed by atoms with van der Waals surface area (Å²) in [6.45, 7) is 16.5. The lowest BCUT2D eigenvalue weighted by atomic mass is 10.0. The van der Waals surface area contributed by atoms with Crippen LogP contribution in [0.15, 0.2) is 12.7 Å². The van der Waals surface area contributed by atoms with Crippen LogP contribution >= 0.6 is 0 Å². The molecule has 0 aromatic heterocycles. The molecule has 0 aromatic rings. The Labute approximate surface area is 113 Å². The number of rotatable bonds is 7. The molecule has 0 aromatic carbocycles. The number of carbonyl (C=O) groups excluding carboxylic acids is 1. The summed E-state index contributed by atoms with van der Waals surface area (Å²) in [6.07, 6.45) is 2.12. The Balaban J connectivity index is 5.12. The minimum absolute atomic E-state index is 0.104. The van der Waals surface area contributed by atoms with Crippen LogP contribution in [0.25, 0.3) is 0 Å². The van der Waals surface area contributed by atoms with E-state index in [1.54, 1.807) is 13.2 Å². The van der Waals surface area contributed by atoms with Crippen molar-refractivity contribution in [2.45, 2.75) is 58.0 Å². The zero-order valence-electron chi connectivity index (χ0n) is 12.8. The summed E-state index contributed by atoms with van der Waals surface area (Å²) in [5.41, 5.74) is 0. The number of ether oxygens (including phenoxy) is 1. The molecule has 4 heteroatoms. The van der Waals surface area contributed by atoms with Crippen molar-refractivity contribution >= 4 is 14.6 Å². The maximum Gasteiger partial charge on any atom is 0.192 e. The minimum atomic E-state index is -1.93. The lowest BCUT2D eigenvalue weighted by Crippen LogP contribution is -2.49. The van der Waals surface area contributed by atoms with Crippen molar-refractivity contribution in [1.82, 2.24) is 0 Å². The Morgan fingerprint density at radius 2 is 1.78 bits per heavy atom. The highest BCUT2D eigenvalue weighted by atomic mass is 28.4. The monoisotopic (exact) mass is 272 g/mol. The molecule has 18 heavy (non-hydrogen) atoms. The van der Waals surface area contributed by atoms with Gasteiger partial charge in [-0.2, -0.15) is 0 Å². The van der Waals surface area contributed by atoms with Crippen molar-refractivity contribution in [3.8, 4) is 0 Å². The van der Waals surface area contributed by atoms with Gasteiger partial charge in [-0.15, -0.1) is 6.58 Å². The highest BCUT2D eigenvalue weighted by molar-refractivity contribution is 6.74. The van der Waals surface area contributed by atoms with Crippen LogP contribution in [0.4, 0.5) is 0 Å². The van der Waals surface area contributed by atoms with Gasteiger partial charge in [0.2, 0.25) is 0 Å². The first-order chi connectivity index (χ1) is 8.10. The van der Waals surface area contributed by atoms with Gasteiger partial charge in [0, 0.05) is 13.0 Å². The average Bonchev–Trinajstić information content (AvgIpc) is 2.26. The topological polar surface area (TPSA) is 35.5 Å². The highest BCUT2D eigenvalue weighted by Gasteiger charge is 2.41. The third-order valence-corrected chi connectivity index (χ3v) is 8.27. The molecule has 0 saturated heterocycles. The number of methoxy groups -OCH3 is 1. The van der Waals surface area contributed by atoms with Crippen LogP contribution in [0.5, 0.6) is 0 Å². The van der Waals surface area contributed by atoms with Crippen molar-refractivity contribution in [3.05, 3.63) is 12.7 Å². The quantitative estimate of drug-likeness (QED) is 0.405. The third-order valence-electron chi connectivity index (χ3n) is 3.80. The van der Waals surface area contributed by atoms with Gasteiger partial charge in [0.1, 0.15) is 12.4 Å². The number of hydrogen-bond acceptors (Lipinski definition) is 3. The molecule has 0 unspecified atom stereocenters. The maximum atomic E-state index is 11.1. The Morgan fingerprint density at radius 1 is 1.28 bits per heavy atom. The van der Waals surface area contributed by atoms with Gasteiger partial charge in [0.25, 0.3) is 0 Å². The fourth-order valence-electron chi connectivity index (χ4n) is 1.43. The predicted octanol–water partition coefficient (Wildman–Crippen LogP) is 3.41. The molecule has 0 fully saturated rings. The first kappa shape index (κ1) is 17.5. The van der Waals surface area contributed by atoms with E-state index in [0.29, 0.717) is 0 Å². The van der Waals surface area contributed by atoms with Gasteiger partial charge in [-0.1, -0.05) is 33.8 Å². The van der Waals surface area contributed by atoms with E-state index in [9.17, 15) is 4.79 Å². The SMILES string of the molecule is C=C[C@H](OC)[C@@H](O[Si](C)(C)C(C)(C)C)[C@H](C)C=O. The smallest absolute Gasteiger partial charge is 0.192 e. The minimum Gasteiger partial charge on any atom is -0.410 e. The van der Waals surface area contributed by atoms with Crippen LogP contribution in [0.2, 0.25) is 18.1 Å². The molecule has 0 amide bonds. The van der Waals surface area contributed by atoms with Crippen molar-refractivity contribution in [1.29, 1.82) is 0 Å². The molecular weight excluding hydrogens is 244 g/mol. The zero-order chi connectivity index (χ0) is 14.6. The predicted molar refractivity (Wildman–Crippen MR) is 78.3 cm³/mol. The molecular formula is C14H28O3Si. The van der Waals surface area contributed by atoms with E-state index in [0.717, 1.165) is 6.29 Å². The summed E-state index contributed by atoms with van der Waals surface area (Å²) < 4.78 is 11.7. The molecule has 106 valence electrons. The lowest BCUT2D eigenvalue weighted by molar-refractivity contribution is -0.115. The second-order valence-corrected chi connectivity index (χ2v) is 11.0. The van der Waals surface area contributed by atoms with Crippen LogP contribution in [-0.4, -0.2) is 33.9 Å². The van der Waals surface area contributed by atoms with E-state index in [2.05, 4.69) is 40.4 Å². The number of aldehydes is 1. The summed E-state index contributed by atoms with van der Waals surface area (Å²) in [4.78, 5) is 11.1. The van der Waals surface area contributed by atoms with Gasteiger partial charge >= 0.3 is 0 Å². The van der Waals surface area contributed by atoms with Crippen LogP contribution < -0.4 is 0 Å². The molecule has 0 bridgehead atoms. The molecule has 3 nitrogen and oxygen atoms in total. The normalized spacial score (nSPS) is 17.9. The van der Waals surface area contributed by atoms with Crippen molar-refractivity contribution in [3.63, 3.8) is 0 Å². The molecule has 0 heterocycles. The Kier molecular flexibility index (Phi) is 6.47. The Morgan fingerprint density at radius 3 is 2.06 bits per heavy atom. The first-order valence-electron chi connectivity index (χ1n) is 6.39. The second-order valence-electron chi connectivity index (χ2n) is 6.27. The third kappa shape index (κ3) is 4.34. The molecule has 0 aliphatic heterocycles. The zero-order valence-corrected chi connectivity index (χ0v) is 13.8. The van der Waals surface area contributed by atoms with Gasteiger partial charge in [0.15, 0.2) is 8.32 Å². The highest BCUT2D eigenvalue weighted by Crippen LogP contribution is 2.38. The standard InChI is InChI=1S/C14H28O3Si/c1-9-12(16-6)13(11(2)10-15)17-18(7,8)14(3,4)5/h9-13H,1H2,2-8H3/t11-,12+,13+/m1/s1. The van der Waals surface area contributed by atoms with E-state index in [1.165, 1.54) is 0 Å². The Bertz CT molecular complexity index is 281. The van der Waals surface area contributed by atoms with Gasteiger partial charge in [0.05, 0.1) is 6.10 Å². The summed E-state index contributed by atoms with van der Waals surface area (Å²) >= 11 is 0. The molecule has 0 aliphatic carbocycles. The van der Waals surface area contributed by atoms with Crippen LogP contribution in [-0.2, 0) is 14.0 Å². The molecule has 3 atom stereocenters. The van der Waals surface area contributed by atoms with E-state index >= 15 is 0 Å². The molecule has 0 radical (unpaired) electrons. The van der Waals surface area contributed by atoms with E-state index < -0.39 is 8.32 Å². The van der Waals surface area contributed by atoms with E-state index in [-0.39, 0.29) is 23.2 Å². The van der Waals surface area contributed by atoms with Gasteiger partial charge in [-0.25, -0.2) is 0 Å². The van der Waals surface area contributed by atoms with Crippen LogP contribution in [0.1, 0.15) is 27.7 Å². The largest absolute Gasteiger partial charge is 0.410 e. The molecule has 0 N–H and O–H groups in total.